The fourth-order valence-electron chi connectivity index (χ4n) is 1.22. The monoisotopic (exact) mass is 348 g/mol. The molecule has 3 nitrogen and oxygen atoms in total. The van der Waals surface area contributed by atoms with Crippen LogP contribution < -0.4 is 5.56 Å². The van der Waals surface area contributed by atoms with Gasteiger partial charge in [-0.1, -0.05) is 6.08 Å². The summed E-state index contributed by atoms with van der Waals surface area (Å²) in [7, 11) is 0. The number of nitrogens with one attached hydrogen (secondary N) is 1. The van der Waals surface area contributed by atoms with Gasteiger partial charge in [-0.25, -0.2) is 4.98 Å². The highest BCUT2D eigenvalue weighted by molar-refractivity contribution is 9.12. The molecule has 78 valence electrons. The van der Waals surface area contributed by atoms with Crippen molar-refractivity contribution in [2.75, 3.05) is 0 Å². The number of nitrogens with zero attached hydrogens (tertiary/aromatic N) is 1. The van der Waals surface area contributed by atoms with Crippen molar-refractivity contribution in [1.82, 2.24) is 9.97 Å². The third-order valence-electron chi connectivity index (χ3n) is 1.88. The number of hydrogen-bond acceptors (Lipinski definition) is 3. The Kier molecular flexibility index (Phi) is 3.08. The van der Waals surface area contributed by atoms with E-state index in [0.29, 0.717) is 12.1 Å². The van der Waals surface area contributed by atoms with Crippen LogP contribution in [0, 0.1) is 0 Å². The van der Waals surface area contributed by atoms with Crippen molar-refractivity contribution in [1.29, 1.82) is 0 Å². The van der Waals surface area contributed by atoms with Gasteiger partial charge in [0.2, 0.25) is 0 Å². The first-order valence-corrected chi connectivity index (χ1v) is 6.51. The van der Waals surface area contributed by atoms with Crippen LogP contribution in [0.25, 0.3) is 11.0 Å². The summed E-state index contributed by atoms with van der Waals surface area (Å²) in [5, 5.41) is 0. The molecule has 0 spiro atoms. The smallest absolute Gasteiger partial charge is 0.270 e. The Bertz CT molecular complexity index is 588. The van der Waals surface area contributed by atoms with E-state index in [-0.39, 0.29) is 5.56 Å². The lowest BCUT2D eigenvalue weighted by atomic mass is 10.3. The number of aromatic nitrogens is 2. The van der Waals surface area contributed by atoms with Crippen molar-refractivity contribution in [2.45, 2.75) is 6.42 Å². The molecule has 15 heavy (non-hydrogen) atoms. The molecule has 0 bridgehead atoms. The molecular weight excluding hydrogens is 344 g/mol. The summed E-state index contributed by atoms with van der Waals surface area (Å²) in [6.07, 6.45) is 2.14. The van der Waals surface area contributed by atoms with Crippen LogP contribution in [-0.2, 0) is 6.42 Å². The Balaban J connectivity index is 2.79. The first-order chi connectivity index (χ1) is 7.13. The molecule has 0 unspecified atom stereocenters. The van der Waals surface area contributed by atoms with Crippen LogP contribution in [0.3, 0.4) is 0 Å². The number of rotatable bonds is 2. The first-order valence-electron chi connectivity index (χ1n) is 4.11. The molecular formula is C9H6Br2N2OS. The highest BCUT2D eigenvalue weighted by atomic mass is 79.9. The summed E-state index contributed by atoms with van der Waals surface area (Å²) >= 11 is 8.27. The second-order valence-electron chi connectivity index (χ2n) is 2.88. The molecule has 2 heterocycles. The molecule has 0 fully saturated rings. The minimum absolute atomic E-state index is 0.159. The van der Waals surface area contributed by atoms with Crippen molar-refractivity contribution in [3.63, 3.8) is 0 Å². The number of thiophene rings is 1. The summed E-state index contributed by atoms with van der Waals surface area (Å²) in [5.41, 5.74) is 1.85. The summed E-state index contributed by atoms with van der Waals surface area (Å²) < 4.78 is 1.78. The van der Waals surface area contributed by atoms with E-state index in [1.54, 1.807) is 6.08 Å². The van der Waals surface area contributed by atoms with Crippen LogP contribution in [0.2, 0.25) is 0 Å². The van der Waals surface area contributed by atoms with Gasteiger partial charge in [-0.15, -0.1) is 17.9 Å². The Hall–Kier alpha value is -0.460. The van der Waals surface area contributed by atoms with Gasteiger partial charge in [-0.05, 0) is 31.9 Å². The Morgan fingerprint density at radius 2 is 2.20 bits per heavy atom. The Morgan fingerprint density at radius 3 is 2.87 bits per heavy atom. The van der Waals surface area contributed by atoms with Crippen molar-refractivity contribution in [2.24, 2.45) is 0 Å². The third kappa shape index (κ3) is 1.93. The van der Waals surface area contributed by atoms with Crippen LogP contribution in [0.4, 0.5) is 0 Å². The molecule has 1 N–H and O–H groups in total. The molecule has 6 heteroatoms. The zero-order chi connectivity index (χ0) is 11.0. The number of fused-ring (bicyclic) bond motifs is 1. The topological polar surface area (TPSA) is 45.8 Å². The van der Waals surface area contributed by atoms with Gasteiger partial charge >= 0.3 is 0 Å². The predicted octanol–water partition coefficient (Wildman–Crippen LogP) is 3.24. The molecule has 0 saturated carbocycles. The highest BCUT2D eigenvalue weighted by Gasteiger charge is 2.12. The van der Waals surface area contributed by atoms with E-state index in [0.717, 1.165) is 18.6 Å². The quantitative estimate of drug-likeness (QED) is 0.846. The molecule has 0 aliphatic carbocycles. The van der Waals surface area contributed by atoms with E-state index in [9.17, 15) is 4.79 Å². The lowest BCUT2D eigenvalue weighted by Gasteiger charge is -1.96. The van der Waals surface area contributed by atoms with E-state index >= 15 is 0 Å². The molecule has 0 radical (unpaired) electrons. The van der Waals surface area contributed by atoms with Gasteiger partial charge in [-0.2, -0.15) is 0 Å². The molecule has 0 aliphatic heterocycles. The maximum absolute atomic E-state index is 11.6. The predicted molar refractivity (Wildman–Crippen MR) is 69.5 cm³/mol. The van der Waals surface area contributed by atoms with Crippen molar-refractivity contribution in [3.05, 3.63) is 36.3 Å². The molecule has 2 aromatic heterocycles. The second kappa shape index (κ2) is 4.19. The minimum Gasteiger partial charge on any atom is -0.317 e. The van der Waals surface area contributed by atoms with E-state index in [1.807, 2.05) is 0 Å². The zero-order valence-electron chi connectivity index (χ0n) is 7.51. The van der Waals surface area contributed by atoms with Gasteiger partial charge in [0.1, 0.15) is 11.2 Å². The van der Waals surface area contributed by atoms with Crippen LogP contribution in [0.5, 0.6) is 0 Å². The van der Waals surface area contributed by atoms with Gasteiger partial charge < -0.3 is 4.98 Å². The van der Waals surface area contributed by atoms with Crippen molar-refractivity contribution < 1.29 is 0 Å². The average Bonchev–Trinajstić information content (AvgIpc) is 2.44. The van der Waals surface area contributed by atoms with E-state index in [2.05, 4.69) is 48.4 Å². The number of halogens is 2. The summed E-state index contributed by atoms with van der Waals surface area (Å²) in [4.78, 5) is 18.7. The normalized spacial score (nSPS) is 10.8. The van der Waals surface area contributed by atoms with Crippen LogP contribution >= 0.6 is 43.2 Å². The van der Waals surface area contributed by atoms with Crippen LogP contribution in [0.15, 0.2) is 25.0 Å². The van der Waals surface area contributed by atoms with Gasteiger partial charge in [-0.3, -0.25) is 4.79 Å². The van der Waals surface area contributed by atoms with Gasteiger partial charge in [0.25, 0.3) is 5.56 Å². The van der Waals surface area contributed by atoms with E-state index < -0.39 is 0 Å². The number of aromatic amines is 1. The van der Waals surface area contributed by atoms with E-state index in [4.69, 9.17) is 0 Å². The Labute approximate surface area is 106 Å². The zero-order valence-corrected chi connectivity index (χ0v) is 11.5. The fourth-order valence-corrected chi connectivity index (χ4v) is 4.07. The molecule has 0 aliphatic rings. The first kappa shape index (κ1) is 11.0. The molecule has 0 amide bonds. The van der Waals surface area contributed by atoms with Gasteiger partial charge in [0.15, 0.2) is 0 Å². The number of H-pyrrole nitrogens is 1. The number of allylic oxidation sites excluding steroid dienone is 1. The average molecular weight is 350 g/mol. The lowest BCUT2D eigenvalue weighted by Crippen LogP contribution is -2.13. The summed E-state index contributed by atoms with van der Waals surface area (Å²) in [6.45, 7) is 3.59. The summed E-state index contributed by atoms with van der Waals surface area (Å²) in [6, 6.07) is 0. The van der Waals surface area contributed by atoms with Crippen molar-refractivity contribution in [3.8, 4) is 0 Å². The maximum Gasteiger partial charge on any atom is 0.270 e. The van der Waals surface area contributed by atoms with Gasteiger partial charge in [0, 0.05) is 6.42 Å². The number of hydrogen-bond donors (Lipinski definition) is 1. The molecule has 0 aromatic carbocycles. The van der Waals surface area contributed by atoms with Crippen molar-refractivity contribution >= 4 is 54.2 Å². The summed E-state index contributed by atoms with van der Waals surface area (Å²) in [5.74, 6) is 0. The Morgan fingerprint density at radius 1 is 1.47 bits per heavy atom. The van der Waals surface area contributed by atoms with Crippen LogP contribution in [0.1, 0.15) is 5.69 Å². The SMILES string of the molecule is C=CCc1nc2c(Br)sc(Br)c2[nH]c1=O. The largest absolute Gasteiger partial charge is 0.317 e. The van der Waals surface area contributed by atoms with Crippen LogP contribution in [-0.4, -0.2) is 9.97 Å². The highest BCUT2D eigenvalue weighted by Crippen LogP contribution is 2.36. The molecule has 0 atom stereocenters. The maximum atomic E-state index is 11.6. The van der Waals surface area contributed by atoms with Gasteiger partial charge in [0.05, 0.1) is 13.1 Å². The molecule has 2 rings (SSSR count). The second-order valence-corrected chi connectivity index (χ2v) is 6.53. The lowest BCUT2D eigenvalue weighted by molar-refractivity contribution is 1.06. The third-order valence-corrected chi connectivity index (χ3v) is 4.38. The molecule has 2 aromatic rings. The molecule has 0 saturated heterocycles. The standard InChI is InChI=1S/C9H6Br2N2OS/c1-2-3-4-9(14)13-6-5(12-4)7(10)15-8(6)11/h2H,1,3H2,(H,13,14). The minimum atomic E-state index is -0.159. The van der Waals surface area contributed by atoms with E-state index in [1.165, 1.54) is 11.3 Å². The fraction of sp³-hybridized carbons (Fsp3) is 0.111.